The van der Waals surface area contributed by atoms with Crippen LogP contribution in [0.2, 0.25) is 0 Å². The van der Waals surface area contributed by atoms with Crippen LogP contribution in [0.4, 0.5) is 10.1 Å². The third-order valence-corrected chi connectivity index (χ3v) is 4.34. The lowest BCUT2D eigenvalue weighted by molar-refractivity contribution is -0.660. The Balaban J connectivity index is 2.15. The molecule has 2 heterocycles. The van der Waals surface area contributed by atoms with Gasteiger partial charge in [-0.1, -0.05) is 18.2 Å². The molecule has 0 unspecified atom stereocenters. The minimum atomic E-state index is -0.390. The summed E-state index contributed by atoms with van der Waals surface area (Å²) < 4.78 is 22.9. The lowest BCUT2D eigenvalue weighted by Crippen LogP contribution is -2.30. The first-order valence-electron chi connectivity index (χ1n) is 7.58. The minimum absolute atomic E-state index is 0.200. The zero-order valence-corrected chi connectivity index (χ0v) is 13.3. The number of furan rings is 1. The summed E-state index contributed by atoms with van der Waals surface area (Å²) in [5, 5.41) is 1.47. The number of pyridine rings is 1. The van der Waals surface area contributed by atoms with Gasteiger partial charge in [-0.25, -0.2) is 13.8 Å². The van der Waals surface area contributed by atoms with Crippen molar-refractivity contribution in [3.8, 4) is 11.3 Å². The minimum Gasteiger partial charge on any atom is -0.464 e. The van der Waals surface area contributed by atoms with E-state index in [0.717, 1.165) is 16.6 Å². The molecule has 0 bridgehead atoms. The number of fused-ring (bicyclic) bond motifs is 3. The summed E-state index contributed by atoms with van der Waals surface area (Å²) >= 11 is 0. The first-order chi connectivity index (χ1) is 11.6. The van der Waals surface area contributed by atoms with Crippen LogP contribution in [0.5, 0.6) is 0 Å². The van der Waals surface area contributed by atoms with Crippen LogP contribution in [0.1, 0.15) is 5.56 Å². The van der Waals surface area contributed by atoms with Crippen LogP contribution >= 0.6 is 0 Å². The van der Waals surface area contributed by atoms with Gasteiger partial charge in [-0.05, 0) is 24.6 Å². The van der Waals surface area contributed by atoms with Gasteiger partial charge in [0.25, 0.3) is 0 Å². The van der Waals surface area contributed by atoms with Gasteiger partial charge >= 0.3 is 0 Å². The summed E-state index contributed by atoms with van der Waals surface area (Å²) in [7, 11) is 1.88. The second kappa shape index (κ2) is 5.17. The van der Waals surface area contributed by atoms with Crippen molar-refractivity contribution in [1.82, 2.24) is 0 Å². The van der Waals surface area contributed by atoms with E-state index in [0.29, 0.717) is 22.2 Å². The molecule has 0 fully saturated rings. The predicted octanol–water partition coefficient (Wildman–Crippen LogP) is 5.08. The van der Waals surface area contributed by atoms with Gasteiger partial charge in [0, 0.05) is 22.9 Å². The monoisotopic (exact) mass is 317 g/mol. The number of nitrogens with zero attached hydrogens (tertiary/aromatic N) is 2. The third-order valence-electron chi connectivity index (χ3n) is 4.34. The highest BCUT2D eigenvalue weighted by atomic mass is 19.1. The molecule has 0 aliphatic heterocycles. The Morgan fingerprint density at radius 2 is 1.92 bits per heavy atom. The lowest BCUT2D eigenvalue weighted by atomic mass is 10.0. The number of hydrogen-bond acceptors (Lipinski definition) is 1. The van der Waals surface area contributed by atoms with Gasteiger partial charge in [0.2, 0.25) is 11.4 Å². The molecule has 0 N–H and O–H groups in total. The maximum absolute atomic E-state index is 15.3. The molecule has 4 heteroatoms. The molecule has 116 valence electrons. The molecular weight excluding hydrogens is 303 g/mol. The molecule has 0 saturated carbocycles. The van der Waals surface area contributed by atoms with Gasteiger partial charge < -0.3 is 4.42 Å². The second-order valence-electron chi connectivity index (χ2n) is 5.82. The largest absolute Gasteiger partial charge is 0.464 e. The maximum Gasteiger partial charge on any atom is 0.229 e. The number of aryl methyl sites for hydroxylation is 2. The summed E-state index contributed by atoms with van der Waals surface area (Å²) in [5.74, 6) is -0.390. The number of halogens is 1. The molecule has 2 aromatic carbocycles. The van der Waals surface area contributed by atoms with Crippen LogP contribution in [0, 0.1) is 19.3 Å². The van der Waals surface area contributed by atoms with Crippen LogP contribution in [-0.4, -0.2) is 0 Å². The summed E-state index contributed by atoms with van der Waals surface area (Å²) in [6.07, 6.45) is 1.88. The first kappa shape index (κ1) is 14.4. The van der Waals surface area contributed by atoms with E-state index in [2.05, 4.69) is 4.85 Å². The number of benzene rings is 2. The fraction of sp³-hybridized carbons (Fsp3) is 0.100. The van der Waals surface area contributed by atoms with Crippen molar-refractivity contribution in [3.63, 3.8) is 0 Å². The topological polar surface area (TPSA) is 21.4 Å². The maximum atomic E-state index is 15.3. The van der Waals surface area contributed by atoms with Gasteiger partial charge in [-0.3, -0.25) is 0 Å². The number of para-hydroxylation sites is 1. The molecule has 0 aliphatic carbocycles. The Bertz CT molecular complexity index is 1150. The lowest BCUT2D eigenvalue weighted by Gasteiger charge is -2.06. The third kappa shape index (κ3) is 1.92. The van der Waals surface area contributed by atoms with E-state index in [4.69, 9.17) is 11.0 Å². The molecule has 0 spiro atoms. The highest BCUT2D eigenvalue weighted by molar-refractivity contribution is 6.10. The van der Waals surface area contributed by atoms with Crippen molar-refractivity contribution in [3.05, 3.63) is 71.5 Å². The van der Waals surface area contributed by atoms with Crippen molar-refractivity contribution in [2.24, 2.45) is 7.05 Å². The standard InChI is InChI=1S/C20H14FN2O/c1-12-11-14-13-7-6-8-15(22-2)19(13)24-20(14)18(21)17(12)16-9-4-5-10-23(16)3/h4-11H,1,3H3/q+1. The second-order valence-corrected chi connectivity index (χ2v) is 5.82. The molecule has 3 nitrogen and oxygen atoms in total. The average molecular weight is 317 g/mol. The zero-order chi connectivity index (χ0) is 16.8. The summed E-state index contributed by atoms with van der Waals surface area (Å²) in [4.78, 5) is 3.47. The Labute approximate surface area is 138 Å². The SMILES string of the molecule is [C-]#[N+]c1cccc2c1oc1c(F)c(-c3cccc[n+]3C)c(C)cc12. The normalized spacial score (nSPS) is 11.1. The van der Waals surface area contributed by atoms with Gasteiger partial charge in [-0.2, -0.15) is 0 Å². The molecule has 2 aromatic heterocycles. The summed E-state index contributed by atoms with van der Waals surface area (Å²) in [6.45, 7) is 9.16. The van der Waals surface area contributed by atoms with Gasteiger partial charge in [0.05, 0.1) is 12.1 Å². The smallest absolute Gasteiger partial charge is 0.229 e. The van der Waals surface area contributed by atoms with Gasteiger partial charge in [0.1, 0.15) is 12.6 Å². The van der Waals surface area contributed by atoms with Crippen LogP contribution in [0.25, 0.3) is 38.0 Å². The highest BCUT2D eigenvalue weighted by Crippen LogP contribution is 2.39. The van der Waals surface area contributed by atoms with Crippen molar-refractivity contribution in [2.45, 2.75) is 6.92 Å². The molecule has 0 atom stereocenters. The molecular formula is C20H14FN2O+. The predicted molar refractivity (Wildman–Crippen MR) is 91.3 cm³/mol. The van der Waals surface area contributed by atoms with Gasteiger partial charge in [0.15, 0.2) is 17.6 Å². The fourth-order valence-electron chi connectivity index (χ4n) is 3.19. The van der Waals surface area contributed by atoms with E-state index in [-0.39, 0.29) is 11.4 Å². The summed E-state index contributed by atoms with van der Waals surface area (Å²) in [5.41, 5.74) is 3.17. The zero-order valence-electron chi connectivity index (χ0n) is 13.3. The molecule has 4 aromatic rings. The molecule has 24 heavy (non-hydrogen) atoms. The van der Waals surface area contributed by atoms with Crippen LogP contribution in [0.3, 0.4) is 0 Å². The summed E-state index contributed by atoms with van der Waals surface area (Å²) in [6, 6.07) is 12.9. The molecule has 0 amide bonds. The fourth-order valence-corrected chi connectivity index (χ4v) is 3.19. The van der Waals surface area contributed by atoms with Crippen molar-refractivity contribution in [2.75, 3.05) is 0 Å². The molecule has 4 rings (SSSR count). The Kier molecular flexibility index (Phi) is 3.10. The van der Waals surface area contributed by atoms with E-state index >= 15 is 4.39 Å². The quantitative estimate of drug-likeness (QED) is 0.354. The molecule has 0 aliphatic rings. The van der Waals surface area contributed by atoms with E-state index in [1.165, 1.54) is 0 Å². The number of rotatable bonds is 1. The molecule has 0 radical (unpaired) electrons. The van der Waals surface area contributed by atoms with E-state index < -0.39 is 0 Å². The van der Waals surface area contributed by atoms with Crippen molar-refractivity contribution >= 4 is 27.6 Å². The van der Waals surface area contributed by atoms with E-state index in [9.17, 15) is 0 Å². The van der Waals surface area contributed by atoms with Gasteiger partial charge in [-0.15, -0.1) is 0 Å². The first-order valence-corrected chi connectivity index (χ1v) is 7.58. The van der Waals surface area contributed by atoms with Crippen molar-refractivity contribution in [1.29, 1.82) is 0 Å². The van der Waals surface area contributed by atoms with E-state index in [1.54, 1.807) is 12.1 Å². The number of aromatic nitrogens is 1. The van der Waals surface area contributed by atoms with E-state index in [1.807, 2.05) is 55.1 Å². The van der Waals surface area contributed by atoms with Crippen LogP contribution in [-0.2, 0) is 7.05 Å². The van der Waals surface area contributed by atoms with Crippen molar-refractivity contribution < 1.29 is 13.4 Å². The Morgan fingerprint density at radius 3 is 2.67 bits per heavy atom. The Morgan fingerprint density at radius 1 is 1.08 bits per heavy atom. The molecule has 0 saturated heterocycles. The Hall–Kier alpha value is -3.19. The number of hydrogen-bond donors (Lipinski definition) is 0. The van der Waals surface area contributed by atoms with Crippen LogP contribution in [0.15, 0.2) is 53.1 Å². The van der Waals surface area contributed by atoms with Crippen LogP contribution < -0.4 is 4.57 Å². The average Bonchev–Trinajstić information content (AvgIpc) is 2.95. The highest BCUT2D eigenvalue weighted by Gasteiger charge is 2.23.